The van der Waals surface area contributed by atoms with Crippen LogP contribution in [0.25, 0.3) is 0 Å². The molecular formula is C15H32NO2PS. The molecule has 0 aliphatic heterocycles. The molecule has 2 aliphatic rings. The van der Waals surface area contributed by atoms with Crippen molar-refractivity contribution in [1.82, 2.24) is 5.32 Å². The van der Waals surface area contributed by atoms with Gasteiger partial charge in [0.05, 0.1) is 6.61 Å². The molecular weight excluding hydrogens is 289 g/mol. The van der Waals surface area contributed by atoms with Crippen molar-refractivity contribution in [2.24, 2.45) is 0 Å². The molecule has 0 saturated heterocycles. The van der Waals surface area contributed by atoms with Crippen LogP contribution >= 0.6 is 18.8 Å². The molecule has 0 bridgehead atoms. The van der Waals surface area contributed by atoms with Gasteiger partial charge in [-0.2, -0.15) is 0 Å². The van der Waals surface area contributed by atoms with Gasteiger partial charge in [-0.15, -0.1) is 0 Å². The van der Waals surface area contributed by atoms with Gasteiger partial charge in [-0.1, -0.05) is 50.8 Å². The van der Waals surface area contributed by atoms with Crippen molar-refractivity contribution in [3.05, 3.63) is 0 Å². The minimum atomic E-state index is -2.47. The van der Waals surface area contributed by atoms with Gasteiger partial charge in [0.2, 0.25) is 0 Å². The average Bonchev–Trinajstić information content (AvgIpc) is 2.40. The highest BCUT2D eigenvalue weighted by Gasteiger charge is 2.19. The molecule has 2 rings (SSSR count). The van der Waals surface area contributed by atoms with Crippen molar-refractivity contribution in [1.29, 1.82) is 0 Å². The van der Waals surface area contributed by atoms with Gasteiger partial charge in [-0.25, -0.2) is 0 Å². The van der Waals surface area contributed by atoms with Crippen LogP contribution in [0.3, 0.4) is 0 Å². The van der Waals surface area contributed by atoms with Crippen LogP contribution in [0, 0.1) is 0 Å². The van der Waals surface area contributed by atoms with Crippen molar-refractivity contribution in [3.63, 3.8) is 0 Å². The summed E-state index contributed by atoms with van der Waals surface area (Å²) in [4.78, 5) is 0. The number of hydrogen-bond acceptors (Lipinski definition) is 3. The Hall–Kier alpha value is 0.500. The van der Waals surface area contributed by atoms with E-state index in [1.807, 2.05) is 0 Å². The predicted molar refractivity (Wildman–Crippen MR) is 91.0 cm³/mol. The van der Waals surface area contributed by atoms with Crippen LogP contribution < -0.4 is 5.32 Å². The van der Waals surface area contributed by atoms with Gasteiger partial charge in [0, 0.05) is 18.7 Å². The smallest absolute Gasteiger partial charge is 0.251 e. The molecule has 0 radical (unpaired) electrons. The average molecular weight is 321 g/mol. The highest BCUT2D eigenvalue weighted by Crippen LogP contribution is 2.46. The summed E-state index contributed by atoms with van der Waals surface area (Å²) in [7, 11) is 0. The van der Waals surface area contributed by atoms with Crippen molar-refractivity contribution in [3.8, 4) is 0 Å². The van der Waals surface area contributed by atoms with Crippen LogP contribution in [0.1, 0.15) is 71.1 Å². The van der Waals surface area contributed by atoms with Gasteiger partial charge in [0.1, 0.15) is 0 Å². The predicted octanol–water partition coefficient (Wildman–Crippen LogP) is 5.02. The second-order valence-electron chi connectivity index (χ2n) is 6.06. The minimum absolute atomic E-state index is 0.470. The van der Waals surface area contributed by atoms with Gasteiger partial charge in [0.15, 0.2) is 0 Å². The normalized spacial score (nSPS) is 24.6. The first-order chi connectivity index (χ1) is 9.51. The molecule has 0 spiro atoms. The number of hydrogen-bond donors (Lipinski definition) is 2. The van der Waals surface area contributed by atoms with Gasteiger partial charge in [0.25, 0.3) is 6.57 Å². The molecule has 2 fully saturated rings. The van der Waals surface area contributed by atoms with E-state index in [0.717, 1.165) is 12.1 Å². The Kier molecular flexibility index (Phi) is 9.52. The lowest BCUT2D eigenvalue weighted by atomic mass is 9.91. The van der Waals surface area contributed by atoms with E-state index >= 15 is 0 Å². The van der Waals surface area contributed by atoms with Crippen LogP contribution in [-0.2, 0) is 9.09 Å². The van der Waals surface area contributed by atoms with Gasteiger partial charge in [-0.05, 0) is 32.6 Å². The second-order valence-corrected chi connectivity index (χ2v) is 10.1. The van der Waals surface area contributed by atoms with Crippen LogP contribution in [-0.4, -0.2) is 25.4 Å². The molecule has 2 saturated carbocycles. The molecule has 2 aliphatic carbocycles. The monoisotopic (exact) mass is 321 g/mol. The molecule has 3 nitrogen and oxygen atoms in total. The maximum Gasteiger partial charge on any atom is 0.251 e. The lowest BCUT2D eigenvalue weighted by molar-refractivity contribution is 0.291. The van der Waals surface area contributed by atoms with Crippen LogP contribution in [0.15, 0.2) is 0 Å². The van der Waals surface area contributed by atoms with Crippen LogP contribution in [0.4, 0.5) is 0 Å². The van der Waals surface area contributed by atoms with Crippen molar-refractivity contribution in [2.45, 2.75) is 83.2 Å². The lowest BCUT2D eigenvalue weighted by Crippen LogP contribution is -2.40. The molecule has 1 unspecified atom stereocenters. The summed E-state index contributed by atoms with van der Waals surface area (Å²) in [6.45, 7) is 1.25. The summed E-state index contributed by atoms with van der Waals surface area (Å²) in [6, 6.07) is 1.74. The van der Waals surface area contributed by atoms with Crippen LogP contribution in [0.2, 0.25) is 0 Å². The Morgan fingerprint density at radius 3 is 1.65 bits per heavy atom. The molecule has 0 aromatic carbocycles. The highest BCUT2D eigenvalue weighted by atomic mass is 32.7. The topological polar surface area (TPSA) is 38.3 Å². The summed E-state index contributed by atoms with van der Waals surface area (Å²) in [5, 5.41) is 3.86. The molecule has 0 aromatic rings. The highest BCUT2D eigenvalue weighted by molar-refractivity contribution is 8.46. The molecule has 1 N–H and O–H groups in total. The maximum absolute atomic E-state index is 10.5. The Bertz CT molecular complexity index is 268. The summed E-state index contributed by atoms with van der Waals surface area (Å²) >= 11 is 3.67. The van der Waals surface area contributed by atoms with E-state index in [4.69, 9.17) is 0 Å². The summed E-state index contributed by atoms with van der Waals surface area (Å²) < 4.78 is 15.1. The van der Waals surface area contributed by atoms with Gasteiger partial charge >= 0.3 is 0 Å². The fourth-order valence-corrected chi connectivity index (χ4v) is 3.94. The van der Waals surface area contributed by atoms with E-state index in [1.165, 1.54) is 70.9 Å². The first-order valence-electron chi connectivity index (χ1n) is 8.22. The third-order valence-electron chi connectivity index (χ3n) is 4.05. The Morgan fingerprint density at radius 1 is 1.00 bits per heavy atom. The van der Waals surface area contributed by atoms with Crippen molar-refractivity contribution in [2.75, 3.05) is 13.3 Å². The summed E-state index contributed by atoms with van der Waals surface area (Å²) in [6.07, 6.45) is 14.6. The molecule has 20 heavy (non-hydrogen) atoms. The molecule has 1 atom stereocenters. The Labute approximate surface area is 130 Å². The largest absolute Gasteiger partial charge is 0.322 e. The summed E-state index contributed by atoms with van der Waals surface area (Å²) in [5.41, 5.74) is 0. The molecule has 5 heteroatoms. The fourth-order valence-electron chi connectivity index (χ4n) is 3.11. The Balaban J connectivity index is 0.000000246. The van der Waals surface area contributed by atoms with E-state index in [0.29, 0.717) is 6.61 Å². The minimum Gasteiger partial charge on any atom is -0.322 e. The first-order valence-corrected chi connectivity index (χ1v) is 11.4. The second kappa shape index (κ2) is 10.3. The van der Waals surface area contributed by atoms with E-state index < -0.39 is 6.57 Å². The maximum atomic E-state index is 10.5. The van der Waals surface area contributed by atoms with E-state index in [-0.39, 0.29) is 0 Å². The SMILES string of the molecule is C1CCC(NC2CCCCC2)CC1.CCOP(C)(=O)S. The lowest BCUT2D eigenvalue weighted by Gasteiger charge is -2.30. The number of nitrogens with one attached hydrogen (secondary N) is 1. The standard InChI is InChI=1S/C12H23N.C3H9O2PS/c1-3-7-11(8-4-1)13-12-9-5-2-6-10-12;1-3-5-6(2,4)7/h11-13H,1-10H2;3H2,1-2H3,(H,4,7). The van der Waals surface area contributed by atoms with E-state index in [9.17, 15) is 4.57 Å². The number of rotatable bonds is 4. The summed E-state index contributed by atoms with van der Waals surface area (Å²) in [5.74, 6) is 0. The molecule has 120 valence electrons. The van der Waals surface area contributed by atoms with E-state index in [1.54, 1.807) is 6.92 Å². The van der Waals surface area contributed by atoms with Gasteiger partial charge < -0.3 is 9.84 Å². The first kappa shape index (κ1) is 18.5. The molecule has 0 heterocycles. The third kappa shape index (κ3) is 9.44. The molecule has 0 amide bonds. The van der Waals surface area contributed by atoms with Gasteiger partial charge in [-0.3, -0.25) is 4.57 Å². The van der Waals surface area contributed by atoms with Crippen molar-refractivity contribution >= 4 is 18.8 Å². The zero-order valence-corrected chi connectivity index (χ0v) is 14.9. The van der Waals surface area contributed by atoms with Crippen LogP contribution in [0.5, 0.6) is 0 Å². The zero-order chi connectivity index (χ0) is 14.8. The van der Waals surface area contributed by atoms with E-state index in [2.05, 4.69) is 22.1 Å². The zero-order valence-electron chi connectivity index (χ0n) is 13.1. The molecule has 0 aromatic heterocycles. The third-order valence-corrected chi connectivity index (χ3v) is 5.13. The number of thiol groups is 1. The quantitative estimate of drug-likeness (QED) is 0.564. The van der Waals surface area contributed by atoms with Crippen molar-refractivity contribution < 1.29 is 9.09 Å². The fraction of sp³-hybridized carbons (Fsp3) is 1.00. The Morgan fingerprint density at radius 2 is 1.40 bits per heavy atom.